The van der Waals surface area contributed by atoms with Gasteiger partial charge in [-0.05, 0) is 25.1 Å². The number of amides is 1. The number of hydrogen-bond acceptors (Lipinski definition) is 4. The van der Waals surface area contributed by atoms with Crippen LogP contribution in [0.15, 0.2) is 46.0 Å². The summed E-state index contributed by atoms with van der Waals surface area (Å²) in [6, 6.07) is 6.73. The van der Waals surface area contributed by atoms with E-state index in [1.165, 1.54) is 6.26 Å². The van der Waals surface area contributed by atoms with Gasteiger partial charge in [0.05, 0.1) is 12.1 Å². The molecule has 0 saturated carbocycles. The largest absolute Gasteiger partial charge is 0.364 e. The zero-order valence-corrected chi connectivity index (χ0v) is 13.1. The zero-order valence-electron chi connectivity index (χ0n) is 12.4. The molecule has 6 nitrogen and oxygen atoms in total. The minimum absolute atomic E-state index is 0.0742. The van der Waals surface area contributed by atoms with Crippen LogP contribution in [0.1, 0.15) is 23.0 Å². The molecule has 1 amide bonds. The van der Waals surface area contributed by atoms with Gasteiger partial charge in [0.1, 0.15) is 17.5 Å². The summed E-state index contributed by atoms with van der Waals surface area (Å²) in [5.41, 5.74) is 1.06. The standard InChI is InChI=1S/C16H14ClN3O3/c1-2-20-9-13(16(22)18-8-11-5-6-23-19-11)15(21)12-7-10(17)3-4-14(12)20/h3-7,9H,2,8H2,1H3,(H,18,22). The van der Waals surface area contributed by atoms with Crippen LogP contribution in [0.2, 0.25) is 5.02 Å². The second kappa shape index (κ2) is 6.26. The van der Waals surface area contributed by atoms with Gasteiger partial charge in [-0.15, -0.1) is 0 Å². The van der Waals surface area contributed by atoms with Crippen molar-refractivity contribution in [1.82, 2.24) is 15.0 Å². The van der Waals surface area contributed by atoms with E-state index in [2.05, 4.69) is 10.5 Å². The van der Waals surface area contributed by atoms with Crippen LogP contribution in [-0.2, 0) is 13.1 Å². The normalized spacial score (nSPS) is 10.9. The summed E-state index contributed by atoms with van der Waals surface area (Å²) < 4.78 is 6.55. The Hall–Kier alpha value is -2.60. The Balaban J connectivity index is 2.01. The van der Waals surface area contributed by atoms with E-state index in [0.717, 1.165) is 5.52 Å². The first kappa shape index (κ1) is 15.3. The molecule has 3 rings (SSSR count). The number of halogens is 1. The van der Waals surface area contributed by atoms with E-state index < -0.39 is 5.91 Å². The lowest BCUT2D eigenvalue weighted by molar-refractivity contribution is 0.0948. The van der Waals surface area contributed by atoms with Gasteiger partial charge in [-0.2, -0.15) is 0 Å². The van der Waals surface area contributed by atoms with Crippen LogP contribution in [-0.4, -0.2) is 15.6 Å². The highest BCUT2D eigenvalue weighted by atomic mass is 35.5. The lowest BCUT2D eigenvalue weighted by atomic mass is 10.1. The van der Waals surface area contributed by atoms with Crippen molar-refractivity contribution in [3.63, 3.8) is 0 Å². The Morgan fingerprint density at radius 1 is 1.39 bits per heavy atom. The number of nitrogens with zero attached hydrogens (tertiary/aromatic N) is 2. The van der Waals surface area contributed by atoms with E-state index in [0.29, 0.717) is 22.6 Å². The topological polar surface area (TPSA) is 77.1 Å². The van der Waals surface area contributed by atoms with Crippen molar-refractivity contribution in [1.29, 1.82) is 0 Å². The van der Waals surface area contributed by atoms with Crippen molar-refractivity contribution in [3.8, 4) is 0 Å². The number of pyridine rings is 1. The van der Waals surface area contributed by atoms with E-state index in [4.69, 9.17) is 16.1 Å². The predicted molar refractivity (Wildman–Crippen MR) is 86.6 cm³/mol. The number of benzene rings is 1. The summed E-state index contributed by atoms with van der Waals surface area (Å²) in [6.45, 7) is 2.76. The summed E-state index contributed by atoms with van der Waals surface area (Å²) in [6.07, 6.45) is 2.99. The molecule has 0 spiro atoms. The molecule has 0 aliphatic carbocycles. The lowest BCUT2D eigenvalue weighted by Gasteiger charge is -2.11. The molecule has 1 aromatic carbocycles. The molecular formula is C16H14ClN3O3. The maximum atomic E-state index is 12.6. The SMILES string of the molecule is CCn1cc(C(=O)NCc2ccon2)c(=O)c2cc(Cl)ccc21. The Kier molecular flexibility index (Phi) is 4.16. The number of aromatic nitrogens is 2. The van der Waals surface area contributed by atoms with Gasteiger partial charge in [-0.3, -0.25) is 9.59 Å². The van der Waals surface area contributed by atoms with Gasteiger partial charge in [0, 0.05) is 29.2 Å². The van der Waals surface area contributed by atoms with Gasteiger partial charge in [0.2, 0.25) is 5.43 Å². The number of aryl methyl sites for hydroxylation is 1. The van der Waals surface area contributed by atoms with Gasteiger partial charge in [0.15, 0.2) is 0 Å². The lowest BCUT2D eigenvalue weighted by Crippen LogP contribution is -2.29. The third-order valence-corrected chi connectivity index (χ3v) is 3.78. The van der Waals surface area contributed by atoms with Gasteiger partial charge < -0.3 is 14.4 Å². The molecular weight excluding hydrogens is 318 g/mol. The first-order chi connectivity index (χ1) is 11.1. The third-order valence-electron chi connectivity index (χ3n) is 3.55. The van der Waals surface area contributed by atoms with E-state index in [9.17, 15) is 9.59 Å². The average Bonchev–Trinajstić information content (AvgIpc) is 3.07. The maximum absolute atomic E-state index is 12.6. The molecule has 0 unspecified atom stereocenters. The molecule has 1 N–H and O–H groups in total. The summed E-state index contributed by atoms with van der Waals surface area (Å²) in [5.74, 6) is -0.456. The van der Waals surface area contributed by atoms with Crippen LogP contribution in [0.25, 0.3) is 10.9 Å². The van der Waals surface area contributed by atoms with E-state index in [-0.39, 0.29) is 17.5 Å². The first-order valence-corrected chi connectivity index (χ1v) is 7.48. The van der Waals surface area contributed by atoms with Crippen molar-refractivity contribution >= 4 is 28.4 Å². The zero-order chi connectivity index (χ0) is 16.4. The minimum Gasteiger partial charge on any atom is -0.364 e. The highest BCUT2D eigenvalue weighted by Crippen LogP contribution is 2.17. The fourth-order valence-corrected chi connectivity index (χ4v) is 2.56. The Morgan fingerprint density at radius 3 is 2.91 bits per heavy atom. The van der Waals surface area contributed by atoms with Crippen molar-refractivity contribution in [3.05, 3.63) is 63.2 Å². The maximum Gasteiger partial charge on any atom is 0.257 e. The fourth-order valence-electron chi connectivity index (χ4n) is 2.39. The quantitative estimate of drug-likeness (QED) is 0.797. The Labute approximate surface area is 136 Å². The van der Waals surface area contributed by atoms with Crippen LogP contribution < -0.4 is 10.7 Å². The van der Waals surface area contributed by atoms with E-state index >= 15 is 0 Å². The van der Waals surface area contributed by atoms with Crippen LogP contribution in [0.5, 0.6) is 0 Å². The summed E-state index contributed by atoms with van der Waals surface area (Å²) in [7, 11) is 0. The molecule has 0 aliphatic rings. The smallest absolute Gasteiger partial charge is 0.257 e. The molecule has 0 fully saturated rings. The number of nitrogens with one attached hydrogen (secondary N) is 1. The number of rotatable bonds is 4. The van der Waals surface area contributed by atoms with Gasteiger partial charge in [-0.25, -0.2) is 0 Å². The van der Waals surface area contributed by atoms with Crippen LogP contribution in [0, 0.1) is 0 Å². The molecule has 0 atom stereocenters. The van der Waals surface area contributed by atoms with Crippen LogP contribution >= 0.6 is 11.6 Å². The molecule has 0 bridgehead atoms. The number of hydrogen-bond donors (Lipinski definition) is 1. The molecule has 23 heavy (non-hydrogen) atoms. The Bertz CT molecular complexity index is 916. The second-order valence-corrected chi connectivity index (χ2v) is 5.43. The van der Waals surface area contributed by atoms with E-state index in [1.54, 1.807) is 30.5 Å². The fraction of sp³-hybridized carbons (Fsp3) is 0.188. The molecule has 0 saturated heterocycles. The third kappa shape index (κ3) is 2.98. The highest BCUT2D eigenvalue weighted by Gasteiger charge is 2.15. The van der Waals surface area contributed by atoms with Crippen molar-refractivity contribution in [2.24, 2.45) is 0 Å². The number of carbonyl (C=O) groups is 1. The Morgan fingerprint density at radius 2 is 2.22 bits per heavy atom. The minimum atomic E-state index is -0.456. The summed E-state index contributed by atoms with van der Waals surface area (Å²) in [5, 5.41) is 7.25. The molecule has 3 aromatic rings. The molecule has 0 aliphatic heterocycles. The number of carbonyl (C=O) groups excluding carboxylic acids is 1. The predicted octanol–water partition coefficient (Wildman–Crippen LogP) is 2.59. The van der Waals surface area contributed by atoms with Crippen molar-refractivity contribution in [2.45, 2.75) is 20.0 Å². The average molecular weight is 332 g/mol. The van der Waals surface area contributed by atoms with Crippen LogP contribution in [0.4, 0.5) is 0 Å². The van der Waals surface area contributed by atoms with Gasteiger partial charge in [0.25, 0.3) is 5.91 Å². The van der Waals surface area contributed by atoms with Crippen molar-refractivity contribution < 1.29 is 9.32 Å². The highest BCUT2D eigenvalue weighted by molar-refractivity contribution is 6.31. The van der Waals surface area contributed by atoms with Crippen molar-refractivity contribution in [2.75, 3.05) is 0 Å². The monoisotopic (exact) mass is 331 g/mol. The second-order valence-electron chi connectivity index (χ2n) is 4.99. The number of fused-ring (bicyclic) bond motifs is 1. The molecule has 7 heteroatoms. The summed E-state index contributed by atoms with van der Waals surface area (Å²) >= 11 is 5.98. The molecule has 0 radical (unpaired) electrons. The van der Waals surface area contributed by atoms with Gasteiger partial charge >= 0.3 is 0 Å². The first-order valence-electron chi connectivity index (χ1n) is 7.10. The molecule has 2 aromatic heterocycles. The summed E-state index contributed by atoms with van der Waals surface area (Å²) in [4.78, 5) is 24.9. The van der Waals surface area contributed by atoms with Crippen LogP contribution in [0.3, 0.4) is 0 Å². The molecule has 118 valence electrons. The molecule has 2 heterocycles. The van der Waals surface area contributed by atoms with Gasteiger partial charge in [-0.1, -0.05) is 16.8 Å². The van der Waals surface area contributed by atoms with E-state index in [1.807, 2.05) is 11.5 Å².